The predicted molar refractivity (Wildman–Crippen MR) is 90.4 cm³/mol. The summed E-state index contributed by atoms with van der Waals surface area (Å²) in [6.07, 6.45) is 3.79. The molecule has 0 amide bonds. The van der Waals surface area contributed by atoms with Crippen LogP contribution in [0.3, 0.4) is 0 Å². The summed E-state index contributed by atoms with van der Waals surface area (Å²) in [5.74, 6) is 1.30. The maximum atomic E-state index is 12.0. The fourth-order valence-electron chi connectivity index (χ4n) is 2.83. The number of hydrogen-bond acceptors (Lipinski definition) is 6. The summed E-state index contributed by atoms with van der Waals surface area (Å²) in [6.45, 7) is 3.46. The zero-order valence-corrected chi connectivity index (χ0v) is 14.8. The lowest BCUT2D eigenvalue weighted by Crippen LogP contribution is -2.22. The van der Waals surface area contributed by atoms with Crippen molar-refractivity contribution in [1.29, 1.82) is 0 Å². The number of nitrogens with one attached hydrogen (secondary N) is 1. The van der Waals surface area contributed by atoms with Gasteiger partial charge in [-0.15, -0.1) is 0 Å². The molecule has 1 aliphatic rings. The van der Waals surface area contributed by atoms with Crippen LogP contribution in [-0.2, 0) is 29.4 Å². The molecule has 0 fully saturated rings. The fourth-order valence-corrected chi connectivity index (χ4v) is 3.58. The van der Waals surface area contributed by atoms with Gasteiger partial charge in [0.25, 0.3) is 0 Å². The van der Waals surface area contributed by atoms with Crippen LogP contribution >= 0.6 is 0 Å². The van der Waals surface area contributed by atoms with Crippen LogP contribution in [-0.4, -0.2) is 32.2 Å². The lowest BCUT2D eigenvalue weighted by Gasteiger charge is -2.17. The number of aryl methyl sites for hydroxylation is 1. The van der Waals surface area contributed by atoms with E-state index in [9.17, 15) is 8.42 Å². The van der Waals surface area contributed by atoms with E-state index in [2.05, 4.69) is 26.7 Å². The molecule has 8 heteroatoms. The van der Waals surface area contributed by atoms with Crippen LogP contribution < -0.4 is 9.62 Å². The summed E-state index contributed by atoms with van der Waals surface area (Å²) in [4.78, 5) is 6.79. The van der Waals surface area contributed by atoms with Gasteiger partial charge in [-0.25, -0.2) is 13.1 Å². The van der Waals surface area contributed by atoms with Gasteiger partial charge in [-0.2, -0.15) is 4.98 Å². The highest BCUT2D eigenvalue weighted by Gasteiger charge is 2.23. The van der Waals surface area contributed by atoms with Crippen LogP contribution in [0, 0.1) is 0 Å². The molecule has 1 aromatic heterocycles. The summed E-state index contributed by atoms with van der Waals surface area (Å²) in [5, 5.41) is 4.03. The smallest absolute Gasteiger partial charge is 0.240 e. The minimum atomic E-state index is -3.45. The van der Waals surface area contributed by atoms with Gasteiger partial charge in [0.15, 0.2) is 5.82 Å². The molecule has 3 rings (SSSR count). The maximum absolute atomic E-state index is 12.0. The van der Waals surface area contributed by atoms with E-state index >= 15 is 0 Å². The van der Waals surface area contributed by atoms with E-state index in [0.29, 0.717) is 18.3 Å². The van der Waals surface area contributed by atoms with Gasteiger partial charge in [0, 0.05) is 18.7 Å². The fraction of sp³-hybridized carbons (Fsp3) is 0.500. The van der Waals surface area contributed by atoms with Crippen molar-refractivity contribution in [3.63, 3.8) is 0 Å². The molecule has 0 unspecified atom stereocenters. The molecular formula is C16H22N4O3S. The van der Waals surface area contributed by atoms with Gasteiger partial charge in [0.2, 0.25) is 15.9 Å². The van der Waals surface area contributed by atoms with Gasteiger partial charge >= 0.3 is 0 Å². The lowest BCUT2D eigenvalue weighted by atomic mass is 10.2. The third-order valence-electron chi connectivity index (χ3n) is 4.21. The van der Waals surface area contributed by atoms with E-state index in [4.69, 9.17) is 4.52 Å². The molecular weight excluding hydrogens is 328 g/mol. The van der Waals surface area contributed by atoms with Crippen molar-refractivity contribution in [3.8, 4) is 0 Å². The summed E-state index contributed by atoms with van der Waals surface area (Å²) in [7, 11) is -2.03. The maximum Gasteiger partial charge on any atom is 0.240 e. The number of benzene rings is 1. The Labute approximate surface area is 142 Å². The first-order valence-electron chi connectivity index (χ1n) is 8.16. The minimum absolute atomic E-state index is 0.271. The Morgan fingerprint density at radius 3 is 2.96 bits per heavy atom. The molecule has 0 spiro atoms. The molecule has 1 N–H and O–H groups in total. The lowest BCUT2D eigenvalue weighted by molar-refractivity contribution is 0.369. The minimum Gasteiger partial charge on any atom is -0.363 e. The quantitative estimate of drug-likeness (QED) is 0.820. The van der Waals surface area contributed by atoms with Gasteiger partial charge in [0.1, 0.15) is 0 Å². The third kappa shape index (κ3) is 3.44. The zero-order chi connectivity index (χ0) is 17.2. The molecule has 24 heavy (non-hydrogen) atoms. The number of unbranched alkanes of at least 4 members (excludes halogenated alkanes) is 1. The topological polar surface area (TPSA) is 88.3 Å². The third-order valence-corrected chi connectivity index (χ3v) is 5.63. The van der Waals surface area contributed by atoms with Gasteiger partial charge < -0.3 is 9.42 Å². The SMILES string of the molecule is CCCCc1nc(CN2CCc3ccc(S(=O)(=O)NC)cc32)no1. The van der Waals surface area contributed by atoms with Crippen LogP contribution in [0.25, 0.3) is 0 Å². The molecule has 7 nitrogen and oxygen atoms in total. The van der Waals surface area contributed by atoms with Gasteiger partial charge in [-0.05, 0) is 37.6 Å². The average Bonchev–Trinajstić information content (AvgIpc) is 3.20. The van der Waals surface area contributed by atoms with E-state index in [1.165, 1.54) is 7.05 Å². The number of sulfonamides is 1. The number of nitrogens with zero attached hydrogens (tertiary/aromatic N) is 3. The molecule has 1 aromatic carbocycles. The van der Waals surface area contributed by atoms with Crippen molar-refractivity contribution in [3.05, 3.63) is 35.5 Å². The van der Waals surface area contributed by atoms with E-state index in [-0.39, 0.29) is 4.90 Å². The summed E-state index contributed by atoms with van der Waals surface area (Å²) < 4.78 is 31.6. The van der Waals surface area contributed by atoms with Crippen LogP contribution in [0.4, 0.5) is 5.69 Å². The number of aromatic nitrogens is 2. The summed E-state index contributed by atoms with van der Waals surface area (Å²) >= 11 is 0. The number of anilines is 1. The Balaban J connectivity index is 1.78. The standard InChI is InChI=1S/C16H22N4O3S/c1-3-4-5-16-18-15(19-23-16)11-20-9-8-12-6-7-13(10-14(12)20)24(21,22)17-2/h6-7,10,17H,3-5,8-9,11H2,1-2H3. The van der Waals surface area contributed by atoms with Crippen LogP contribution in [0.2, 0.25) is 0 Å². The largest absolute Gasteiger partial charge is 0.363 e. The highest BCUT2D eigenvalue weighted by Crippen LogP contribution is 2.31. The highest BCUT2D eigenvalue weighted by atomic mass is 32.2. The summed E-state index contributed by atoms with van der Waals surface area (Å²) in [5.41, 5.74) is 2.06. The van der Waals surface area contributed by atoms with E-state index in [0.717, 1.165) is 43.5 Å². The first-order valence-corrected chi connectivity index (χ1v) is 9.64. The Morgan fingerprint density at radius 1 is 1.38 bits per heavy atom. The summed E-state index contributed by atoms with van der Waals surface area (Å²) in [6, 6.07) is 5.24. The Hall–Kier alpha value is -1.93. The van der Waals surface area contributed by atoms with E-state index in [1.807, 2.05) is 6.07 Å². The Bertz CT molecular complexity index is 816. The first-order chi connectivity index (χ1) is 11.5. The molecule has 2 aromatic rings. The molecule has 0 saturated heterocycles. The van der Waals surface area contributed by atoms with Crippen LogP contribution in [0.15, 0.2) is 27.6 Å². The molecule has 0 atom stereocenters. The first kappa shape index (κ1) is 16.9. The molecule has 0 saturated carbocycles. The molecule has 1 aliphatic heterocycles. The van der Waals surface area contributed by atoms with Crippen molar-refractivity contribution in [2.24, 2.45) is 0 Å². The van der Waals surface area contributed by atoms with Gasteiger partial charge in [0.05, 0.1) is 11.4 Å². The van der Waals surface area contributed by atoms with Crippen molar-refractivity contribution in [2.45, 2.75) is 44.0 Å². The Kier molecular flexibility index (Phi) is 4.86. The molecule has 2 heterocycles. The number of rotatable bonds is 7. The van der Waals surface area contributed by atoms with Crippen molar-refractivity contribution < 1.29 is 12.9 Å². The second-order valence-corrected chi connectivity index (χ2v) is 7.76. The molecule has 0 bridgehead atoms. The van der Waals surface area contributed by atoms with Gasteiger partial charge in [-0.3, -0.25) is 0 Å². The van der Waals surface area contributed by atoms with Crippen molar-refractivity contribution in [1.82, 2.24) is 14.9 Å². The zero-order valence-electron chi connectivity index (χ0n) is 13.9. The monoisotopic (exact) mass is 350 g/mol. The molecule has 0 aliphatic carbocycles. The second-order valence-electron chi connectivity index (χ2n) is 5.88. The Morgan fingerprint density at radius 2 is 2.21 bits per heavy atom. The van der Waals surface area contributed by atoms with Crippen molar-refractivity contribution in [2.75, 3.05) is 18.5 Å². The molecule has 0 radical (unpaired) electrons. The molecule has 130 valence electrons. The van der Waals surface area contributed by atoms with E-state index in [1.54, 1.807) is 12.1 Å². The van der Waals surface area contributed by atoms with Gasteiger partial charge in [-0.1, -0.05) is 24.6 Å². The van der Waals surface area contributed by atoms with Crippen molar-refractivity contribution >= 4 is 15.7 Å². The highest BCUT2D eigenvalue weighted by molar-refractivity contribution is 7.89. The van der Waals surface area contributed by atoms with Crippen LogP contribution in [0.1, 0.15) is 37.0 Å². The predicted octanol–water partition coefficient (Wildman–Crippen LogP) is 1.88. The number of hydrogen-bond donors (Lipinski definition) is 1. The average molecular weight is 350 g/mol. The normalized spacial score (nSPS) is 14.2. The van der Waals surface area contributed by atoms with Crippen LogP contribution in [0.5, 0.6) is 0 Å². The number of fused-ring (bicyclic) bond motifs is 1. The van der Waals surface area contributed by atoms with E-state index < -0.39 is 10.0 Å². The second kappa shape index (κ2) is 6.90.